The molecular formula is C36H45F3O7SSi. The highest BCUT2D eigenvalue weighted by molar-refractivity contribution is 7.88. The maximum Gasteiger partial charge on any atom is 0.534 e. The Morgan fingerprint density at radius 1 is 0.812 bits per heavy atom. The summed E-state index contributed by atoms with van der Waals surface area (Å²) in [6, 6.07) is 21.2. The molecule has 0 aliphatic heterocycles. The van der Waals surface area contributed by atoms with Gasteiger partial charge in [-0.3, -0.25) is 4.79 Å². The smallest absolute Gasteiger partial charge is 0.520 e. The number of aryl methyl sites for hydroxylation is 2. The number of halogens is 3. The third-order valence-electron chi connectivity index (χ3n) is 6.40. The molecular weight excluding hydrogens is 662 g/mol. The first-order chi connectivity index (χ1) is 21.9. The second-order valence-corrected chi connectivity index (χ2v) is 19.2. The van der Waals surface area contributed by atoms with Gasteiger partial charge in [0.15, 0.2) is 0 Å². The van der Waals surface area contributed by atoms with E-state index in [1.54, 1.807) is 19.1 Å². The van der Waals surface area contributed by atoms with Crippen LogP contribution in [0, 0.1) is 13.8 Å². The Balaban J connectivity index is 0.000000255. The molecule has 262 valence electrons. The van der Waals surface area contributed by atoms with Gasteiger partial charge in [-0.15, -0.1) is 0 Å². The van der Waals surface area contributed by atoms with E-state index in [4.69, 9.17) is 14.3 Å². The first kappa shape index (κ1) is 40.1. The van der Waals surface area contributed by atoms with Crippen LogP contribution >= 0.6 is 0 Å². The fourth-order valence-electron chi connectivity index (χ4n) is 4.11. The third kappa shape index (κ3) is 12.9. The van der Waals surface area contributed by atoms with Crippen LogP contribution in [0.4, 0.5) is 13.2 Å². The molecule has 1 atom stereocenters. The van der Waals surface area contributed by atoms with Crippen molar-refractivity contribution >= 4 is 45.9 Å². The highest BCUT2D eigenvalue weighted by atomic mass is 32.2. The number of carboxylic acids is 1. The molecule has 12 heteroatoms. The maximum absolute atomic E-state index is 12.2. The van der Waals surface area contributed by atoms with E-state index in [0.717, 1.165) is 27.3 Å². The monoisotopic (exact) mass is 706 g/mol. The lowest BCUT2D eigenvalue weighted by Gasteiger charge is -2.27. The summed E-state index contributed by atoms with van der Waals surface area (Å²) in [5, 5.41) is 12.6. The highest BCUT2D eigenvalue weighted by Crippen LogP contribution is 2.29. The van der Waals surface area contributed by atoms with Gasteiger partial charge in [0.2, 0.25) is 8.32 Å². The topological polar surface area (TPSA) is 99.1 Å². The van der Waals surface area contributed by atoms with Crippen LogP contribution in [-0.4, -0.2) is 38.9 Å². The molecule has 0 heterocycles. The summed E-state index contributed by atoms with van der Waals surface area (Å²) >= 11 is 0. The van der Waals surface area contributed by atoms with Gasteiger partial charge in [0.25, 0.3) is 5.95 Å². The first-order valence-electron chi connectivity index (χ1n) is 15.2. The lowest BCUT2D eigenvalue weighted by molar-refractivity contribution is -0.138. The number of ether oxygens (including phenoxy) is 1. The van der Waals surface area contributed by atoms with Crippen LogP contribution in [0.2, 0.25) is 19.6 Å². The molecule has 48 heavy (non-hydrogen) atoms. The number of aliphatic carboxylic acids is 1. The lowest BCUT2D eigenvalue weighted by atomic mass is 9.97. The summed E-state index contributed by atoms with van der Waals surface area (Å²) in [4.78, 5) is 10.9. The Morgan fingerprint density at radius 3 is 1.71 bits per heavy atom. The van der Waals surface area contributed by atoms with Gasteiger partial charge in [-0.2, -0.15) is 21.6 Å². The number of hydrogen-bond donors (Lipinski definition) is 1. The zero-order chi connectivity index (χ0) is 36.7. The minimum absolute atomic E-state index is 0.179. The molecule has 0 bridgehead atoms. The fourth-order valence-corrected chi connectivity index (χ4v) is 5.32. The molecule has 1 N–H and O–H groups in total. The molecule has 0 unspecified atom stereocenters. The fraction of sp³-hybridized carbons (Fsp3) is 0.361. The SMILES string of the molecule is C/C=C(\OC(C)(C)C)O[Si](C)(C)C.Cc1ccc2cc(OS(=O)(=O)C(F)(F)F)ccc2c1.Cc1ccc2cc([C@H](C)C(=O)O)ccc2c1. The van der Waals surface area contributed by atoms with Crippen LogP contribution in [0.3, 0.4) is 0 Å². The predicted molar refractivity (Wildman–Crippen MR) is 188 cm³/mol. The van der Waals surface area contributed by atoms with E-state index < -0.39 is 35.8 Å². The Kier molecular flexibility index (Phi) is 13.3. The molecule has 0 saturated carbocycles. The van der Waals surface area contributed by atoms with E-state index in [1.807, 2.05) is 84.0 Å². The van der Waals surface area contributed by atoms with Crippen molar-refractivity contribution in [2.45, 2.75) is 85.1 Å². The molecule has 0 radical (unpaired) electrons. The number of rotatable bonds is 7. The molecule has 0 saturated heterocycles. The van der Waals surface area contributed by atoms with Gasteiger partial charge in [-0.25, -0.2) is 0 Å². The van der Waals surface area contributed by atoms with Crippen molar-refractivity contribution in [2.24, 2.45) is 0 Å². The van der Waals surface area contributed by atoms with Crippen molar-refractivity contribution in [3.63, 3.8) is 0 Å². The molecule has 0 aliphatic rings. The summed E-state index contributed by atoms with van der Waals surface area (Å²) in [6.45, 7) is 20.0. The van der Waals surface area contributed by atoms with Crippen molar-refractivity contribution in [2.75, 3.05) is 0 Å². The van der Waals surface area contributed by atoms with E-state index in [2.05, 4.69) is 29.9 Å². The summed E-state index contributed by atoms with van der Waals surface area (Å²) in [5.41, 5.74) is -2.56. The predicted octanol–water partition coefficient (Wildman–Crippen LogP) is 10.2. The largest absolute Gasteiger partial charge is 0.534 e. The van der Waals surface area contributed by atoms with Crippen molar-refractivity contribution in [3.8, 4) is 5.75 Å². The van der Waals surface area contributed by atoms with Gasteiger partial charge >= 0.3 is 21.6 Å². The van der Waals surface area contributed by atoms with Crippen LogP contribution in [-0.2, 0) is 24.1 Å². The van der Waals surface area contributed by atoms with E-state index in [9.17, 15) is 26.4 Å². The number of hydrogen-bond acceptors (Lipinski definition) is 6. The minimum atomic E-state index is -5.63. The molecule has 4 aromatic carbocycles. The van der Waals surface area contributed by atoms with Gasteiger partial charge in [-0.05, 0) is 113 Å². The first-order valence-corrected chi connectivity index (χ1v) is 20.0. The number of carbonyl (C=O) groups is 1. The van der Waals surface area contributed by atoms with Crippen molar-refractivity contribution in [1.82, 2.24) is 0 Å². The number of allylic oxidation sites excluding steroid dienone is 1. The van der Waals surface area contributed by atoms with E-state index in [0.29, 0.717) is 11.3 Å². The minimum Gasteiger partial charge on any atom is -0.520 e. The number of alkyl halides is 3. The molecule has 4 rings (SSSR count). The maximum atomic E-state index is 12.2. The van der Waals surface area contributed by atoms with Crippen molar-refractivity contribution in [3.05, 3.63) is 102 Å². The second-order valence-electron chi connectivity index (χ2n) is 13.2. The van der Waals surface area contributed by atoms with E-state index in [1.165, 1.54) is 23.8 Å². The Labute approximate surface area is 282 Å². The van der Waals surface area contributed by atoms with Crippen LogP contribution in [0.25, 0.3) is 21.5 Å². The Hall–Kier alpha value is -4.03. The zero-order valence-corrected chi connectivity index (χ0v) is 30.8. The standard InChI is InChI=1S/C14H14O2.C12H9F3O3S.C10H22O2Si/c1-9-3-4-13-8-11(10(2)14(15)16)5-6-12(13)7-9;1-8-2-3-10-7-11(5-4-9(10)6-8)18-19(16,17)12(13,14)15;1-8-9(11-10(2,3)4)12-13(5,6)7/h3-8,10H,1-2H3,(H,15,16);2-7H,1H3;8H,1-7H3/b;;9-8+/t10-;;/m0../s1. The second kappa shape index (κ2) is 15.9. The molecule has 0 spiro atoms. The van der Waals surface area contributed by atoms with Gasteiger partial charge in [0, 0.05) is 0 Å². The van der Waals surface area contributed by atoms with Crippen molar-refractivity contribution in [1.29, 1.82) is 0 Å². The van der Waals surface area contributed by atoms with Gasteiger partial charge < -0.3 is 18.5 Å². The van der Waals surface area contributed by atoms with Gasteiger partial charge in [-0.1, -0.05) is 71.8 Å². The average molecular weight is 707 g/mol. The Bertz CT molecular complexity index is 1840. The van der Waals surface area contributed by atoms with Crippen LogP contribution in [0.5, 0.6) is 5.75 Å². The number of benzene rings is 4. The van der Waals surface area contributed by atoms with Crippen LogP contribution < -0.4 is 4.18 Å². The molecule has 0 aliphatic carbocycles. The summed E-state index contributed by atoms with van der Waals surface area (Å²) in [7, 11) is -7.16. The summed E-state index contributed by atoms with van der Waals surface area (Å²) < 4.78 is 73.7. The zero-order valence-electron chi connectivity index (χ0n) is 29.0. The van der Waals surface area contributed by atoms with Crippen molar-refractivity contribution < 1.29 is 44.8 Å². The lowest BCUT2D eigenvalue weighted by Crippen LogP contribution is -2.29. The molecule has 0 fully saturated rings. The Morgan fingerprint density at radius 2 is 1.27 bits per heavy atom. The molecule has 7 nitrogen and oxygen atoms in total. The third-order valence-corrected chi connectivity index (χ3v) is 8.19. The summed E-state index contributed by atoms with van der Waals surface area (Å²) in [6.07, 6.45) is 1.88. The van der Waals surface area contributed by atoms with Crippen LogP contribution in [0.1, 0.15) is 57.2 Å². The molecule has 4 aromatic rings. The molecule has 0 aromatic heterocycles. The van der Waals surface area contributed by atoms with E-state index in [-0.39, 0.29) is 11.4 Å². The molecule has 0 amide bonds. The summed E-state index contributed by atoms with van der Waals surface area (Å²) in [5.74, 6) is -0.947. The normalized spacial score (nSPS) is 13.1. The van der Waals surface area contributed by atoms with E-state index >= 15 is 0 Å². The number of fused-ring (bicyclic) bond motifs is 2. The van der Waals surface area contributed by atoms with Crippen LogP contribution in [0.15, 0.2) is 84.8 Å². The highest BCUT2D eigenvalue weighted by Gasteiger charge is 2.48. The quantitative estimate of drug-likeness (QED) is 0.0884. The van der Waals surface area contributed by atoms with Gasteiger partial charge in [0.1, 0.15) is 11.4 Å². The number of carboxylic acid groups (broad SMARTS) is 1. The van der Waals surface area contributed by atoms with Gasteiger partial charge in [0.05, 0.1) is 5.92 Å². The average Bonchev–Trinajstić information content (AvgIpc) is 2.94.